The number of hydrogen-bond acceptors (Lipinski definition) is 5. The highest BCUT2D eigenvalue weighted by Gasteiger charge is 2.22. The number of nitrogens with zero attached hydrogens (tertiary/aromatic N) is 7. The highest BCUT2D eigenvalue weighted by atomic mass is 15.4. The standard InChI is InChI=1S/C7H18N3.C4BN4/c1-8-7(9(2)3)10(4,5)6;6-1-5(2-7,3-8)4-9/h1-6H3;/q+1;-1/b8-7+;. The maximum Gasteiger partial charge on any atom is 0.383 e. The number of aliphatic imine (C=N–C) groups is 1. The first kappa shape index (κ1) is 18.8. The van der Waals surface area contributed by atoms with Crippen LogP contribution in [-0.2, 0) is 0 Å². The van der Waals surface area contributed by atoms with E-state index >= 15 is 0 Å². The topological polar surface area (TPSA) is 111 Å². The van der Waals surface area contributed by atoms with E-state index in [1.807, 2.05) is 26.0 Å². The minimum Gasteiger partial charge on any atom is -0.317 e. The van der Waals surface area contributed by atoms with Crippen molar-refractivity contribution in [2.24, 2.45) is 4.99 Å². The van der Waals surface area contributed by atoms with Gasteiger partial charge in [-0.15, -0.1) is 23.9 Å². The molecule has 0 aliphatic carbocycles. The van der Waals surface area contributed by atoms with Gasteiger partial charge >= 0.3 is 6.15 Å². The van der Waals surface area contributed by atoms with Crippen molar-refractivity contribution in [3.05, 3.63) is 0 Å². The van der Waals surface area contributed by atoms with Gasteiger partial charge in [0.25, 0.3) is 5.96 Å². The first-order valence-electron chi connectivity index (χ1n) is 5.40. The lowest BCUT2D eigenvalue weighted by molar-refractivity contribution is -0.782. The molecule has 0 atom stereocenters. The van der Waals surface area contributed by atoms with E-state index in [0.717, 1.165) is 10.4 Å². The molecule has 0 saturated heterocycles. The molecule has 0 radical (unpaired) electrons. The summed E-state index contributed by atoms with van der Waals surface area (Å²) in [5.74, 6) is 6.44. The van der Waals surface area contributed by atoms with E-state index in [1.54, 1.807) is 0 Å². The Morgan fingerprint density at radius 2 is 1.26 bits per heavy atom. The lowest BCUT2D eigenvalue weighted by Gasteiger charge is -2.28. The SMILES string of the molecule is C/N=C(\N(C)C)[N+](C)(C)C.N#C[B-](C#N)(C#N)C#N. The fourth-order valence-corrected chi connectivity index (χ4v) is 1.27. The molecule has 0 N–H and O–H groups in total. The van der Waals surface area contributed by atoms with Crippen LogP contribution in [-0.4, -0.2) is 63.8 Å². The van der Waals surface area contributed by atoms with E-state index in [0.29, 0.717) is 0 Å². The van der Waals surface area contributed by atoms with Crippen molar-refractivity contribution in [1.82, 2.24) is 4.90 Å². The number of nitriles is 4. The minimum atomic E-state index is -2.72. The average Bonchev–Trinajstić information content (AvgIpc) is 2.32. The van der Waals surface area contributed by atoms with Crippen LogP contribution in [0.3, 0.4) is 0 Å². The highest BCUT2D eigenvalue weighted by molar-refractivity contribution is 7.05. The van der Waals surface area contributed by atoms with Gasteiger partial charge in [0.2, 0.25) is 0 Å². The summed E-state index contributed by atoms with van der Waals surface area (Å²) < 4.78 is 0.767. The number of guanidine groups is 1. The zero-order valence-corrected chi connectivity index (χ0v) is 12.2. The van der Waals surface area contributed by atoms with Gasteiger partial charge in [-0.1, -0.05) is 0 Å². The van der Waals surface area contributed by atoms with Crippen LogP contribution in [0.4, 0.5) is 0 Å². The van der Waals surface area contributed by atoms with E-state index in [-0.39, 0.29) is 0 Å². The fourth-order valence-electron chi connectivity index (χ4n) is 1.27. The predicted molar refractivity (Wildman–Crippen MR) is 73.3 cm³/mol. The van der Waals surface area contributed by atoms with Crippen molar-refractivity contribution in [3.63, 3.8) is 0 Å². The molecule has 100 valence electrons. The second-order valence-electron chi connectivity index (χ2n) is 4.81. The largest absolute Gasteiger partial charge is 0.383 e. The summed E-state index contributed by atoms with van der Waals surface area (Å²) in [4.78, 5) is 6.20. The molecule has 0 bridgehead atoms. The van der Waals surface area contributed by atoms with Gasteiger partial charge in [0.15, 0.2) is 0 Å². The molecule has 0 aliphatic rings. The molecule has 0 amide bonds. The molecule has 7 nitrogen and oxygen atoms in total. The first-order chi connectivity index (χ1) is 8.63. The smallest absolute Gasteiger partial charge is 0.317 e. The maximum absolute atomic E-state index is 8.09. The summed E-state index contributed by atoms with van der Waals surface area (Å²) in [6, 6.07) is 0. The molecule has 0 heterocycles. The zero-order chi connectivity index (χ0) is 15.7. The second-order valence-corrected chi connectivity index (χ2v) is 4.81. The van der Waals surface area contributed by atoms with Crippen LogP contribution in [0, 0.1) is 44.9 Å². The van der Waals surface area contributed by atoms with E-state index in [4.69, 9.17) is 21.0 Å². The van der Waals surface area contributed by atoms with E-state index < -0.39 is 6.15 Å². The van der Waals surface area contributed by atoms with Crippen molar-refractivity contribution in [1.29, 1.82) is 21.0 Å². The average molecular weight is 259 g/mol. The fraction of sp³-hybridized carbons (Fsp3) is 0.545. The third-order valence-electron chi connectivity index (χ3n) is 1.97. The summed E-state index contributed by atoms with van der Waals surface area (Å²) in [5, 5.41) is 32.3. The van der Waals surface area contributed by atoms with Crippen LogP contribution < -0.4 is 0 Å². The van der Waals surface area contributed by atoms with Crippen molar-refractivity contribution in [2.75, 3.05) is 42.3 Å². The number of rotatable bonds is 0. The molecular weight excluding hydrogens is 241 g/mol. The molecule has 0 saturated carbocycles. The first-order valence-corrected chi connectivity index (χ1v) is 5.40. The lowest BCUT2D eigenvalue weighted by atomic mass is 9.30. The number of hydrogen-bond donors (Lipinski definition) is 0. The monoisotopic (exact) mass is 259 g/mol. The summed E-state index contributed by atoms with van der Waals surface area (Å²) >= 11 is 0. The zero-order valence-electron chi connectivity index (χ0n) is 12.2. The molecule has 0 aliphatic heterocycles. The quantitative estimate of drug-likeness (QED) is 0.261. The Hall–Kier alpha value is -2.55. The molecule has 0 aromatic heterocycles. The molecule has 0 aromatic carbocycles. The van der Waals surface area contributed by atoms with Crippen LogP contribution in [0.1, 0.15) is 0 Å². The van der Waals surface area contributed by atoms with E-state index in [2.05, 4.69) is 26.1 Å². The third kappa shape index (κ3) is 6.08. The number of quaternary nitrogens is 1. The Balaban J connectivity index is 0. The van der Waals surface area contributed by atoms with Crippen LogP contribution in [0.15, 0.2) is 4.99 Å². The minimum absolute atomic E-state index is 0.767. The van der Waals surface area contributed by atoms with Gasteiger partial charge in [0.05, 0.1) is 21.1 Å². The van der Waals surface area contributed by atoms with Gasteiger partial charge in [-0.2, -0.15) is 0 Å². The van der Waals surface area contributed by atoms with Crippen LogP contribution >= 0.6 is 0 Å². The van der Waals surface area contributed by atoms with Gasteiger partial charge in [-0.3, -0.25) is 4.48 Å². The Kier molecular flexibility index (Phi) is 7.64. The van der Waals surface area contributed by atoms with Gasteiger partial charge in [0.1, 0.15) is 0 Å². The predicted octanol–water partition coefficient (Wildman–Crippen LogP) is -0.0737. The van der Waals surface area contributed by atoms with Crippen LogP contribution in [0.2, 0.25) is 0 Å². The highest BCUT2D eigenvalue weighted by Crippen LogP contribution is 1.96. The Labute approximate surface area is 114 Å². The third-order valence-corrected chi connectivity index (χ3v) is 1.97. The Bertz CT molecular complexity index is 426. The second kappa shape index (κ2) is 7.72. The summed E-state index contributed by atoms with van der Waals surface area (Å²) in [7, 11) is 12.1. The molecule has 0 unspecified atom stereocenters. The van der Waals surface area contributed by atoms with Gasteiger partial charge in [0, 0.05) is 21.1 Å². The molecule has 0 aromatic rings. The van der Waals surface area contributed by atoms with Gasteiger partial charge < -0.3 is 4.90 Å². The molecule has 0 fully saturated rings. The van der Waals surface area contributed by atoms with Gasteiger partial charge in [-0.25, -0.2) is 26.0 Å². The molecule has 8 heteroatoms. The Morgan fingerprint density at radius 3 is 1.26 bits per heavy atom. The lowest BCUT2D eigenvalue weighted by Crippen LogP contribution is -2.48. The molecule has 0 rings (SSSR count). The van der Waals surface area contributed by atoms with Crippen molar-refractivity contribution >= 4 is 12.1 Å². The van der Waals surface area contributed by atoms with Gasteiger partial charge in [-0.05, 0) is 0 Å². The molecule has 19 heavy (non-hydrogen) atoms. The molecular formula is C11H18BN7. The summed E-state index contributed by atoms with van der Waals surface area (Å²) in [6.07, 6.45) is -2.72. The maximum atomic E-state index is 8.09. The van der Waals surface area contributed by atoms with E-state index in [9.17, 15) is 0 Å². The van der Waals surface area contributed by atoms with Crippen LogP contribution in [0.5, 0.6) is 0 Å². The van der Waals surface area contributed by atoms with Crippen molar-refractivity contribution in [2.45, 2.75) is 0 Å². The van der Waals surface area contributed by atoms with Crippen molar-refractivity contribution in [3.8, 4) is 23.9 Å². The summed E-state index contributed by atoms with van der Waals surface area (Å²) in [6.45, 7) is 0. The normalized spacial score (nSPS) is 10.7. The Morgan fingerprint density at radius 1 is 0.947 bits per heavy atom. The van der Waals surface area contributed by atoms with E-state index in [1.165, 1.54) is 23.9 Å². The van der Waals surface area contributed by atoms with Crippen LogP contribution in [0.25, 0.3) is 0 Å². The molecule has 0 spiro atoms. The van der Waals surface area contributed by atoms with Crippen molar-refractivity contribution < 1.29 is 4.48 Å². The summed E-state index contributed by atoms with van der Waals surface area (Å²) in [5.41, 5.74) is 0.